The Morgan fingerprint density at radius 3 is 2.70 bits per heavy atom. The fraction of sp³-hybridized carbons (Fsp3) is 0.588. The monoisotopic (exact) mass is 273 g/mol. The quantitative estimate of drug-likeness (QED) is 0.895. The van der Waals surface area contributed by atoms with Crippen LogP contribution in [0.1, 0.15) is 37.4 Å². The molecular weight excluding hydrogens is 250 g/mol. The van der Waals surface area contributed by atoms with Gasteiger partial charge in [0.2, 0.25) is 5.91 Å². The Hall–Kier alpha value is -1.35. The molecular formula is C17H23NO2. The Labute approximate surface area is 120 Å². The summed E-state index contributed by atoms with van der Waals surface area (Å²) in [6.45, 7) is 0.563. The summed E-state index contributed by atoms with van der Waals surface area (Å²) in [5, 5.41) is 3.10. The maximum Gasteiger partial charge on any atom is 0.223 e. The second-order valence-corrected chi connectivity index (χ2v) is 6.16. The molecule has 2 fully saturated rings. The molecule has 108 valence electrons. The number of methoxy groups -OCH3 is 1. The first kappa shape index (κ1) is 13.6. The van der Waals surface area contributed by atoms with E-state index in [1.807, 2.05) is 30.3 Å². The van der Waals surface area contributed by atoms with Crippen molar-refractivity contribution in [3.8, 4) is 0 Å². The summed E-state index contributed by atoms with van der Waals surface area (Å²) in [4.78, 5) is 12.3. The molecule has 0 saturated heterocycles. The smallest absolute Gasteiger partial charge is 0.223 e. The highest BCUT2D eigenvalue weighted by Gasteiger charge is 2.42. The third kappa shape index (κ3) is 2.73. The van der Waals surface area contributed by atoms with E-state index in [0.29, 0.717) is 12.5 Å². The number of hydrogen-bond donors (Lipinski definition) is 1. The molecule has 3 heteroatoms. The van der Waals surface area contributed by atoms with Gasteiger partial charge in [0.05, 0.1) is 6.10 Å². The minimum Gasteiger partial charge on any atom is -0.375 e. The van der Waals surface area contributed by atoms with Crippen LogP contribution in [-0.4, -0.2) is 19.6 Å². The Bertz CT molecular complexity index is 459. The van der Waals surface area contributed by atoms with E-state index >= 15 is 0 Å². The molecule has 2 bridgehead atoms. The number of amides is 1. The summed E-state index contributed by atoms with van der Waals surface area (Å²) in [5.41, 5.74) is 1.11. The van der Waals surface area contributed by atoms with Gasteiger partial charge in [0, 0.05) is 19.6 Å². The molecule has 0 radical (unpaired) electrons. The lowest BCUT2D eigenvalue weighted by atomic mass is 9.88. The maximum atomic E-state index is 12.3. The highest BCUT2D eigenvalue weighted by atomic mass is 16.5. The lowest BCUT2D eigenvalue weighted by Gasteiger charge is -2.23. The van der Waals surface area contributed by atoms with Crippen molar-refractivity contribution in [2.45, 2.75) is 31.8 Å². The predicted octanol–water partition coefficient (Wildman–Crippen LogP) is 2.93. The molecule has 1 aromatic rings. The number of carbonyl (C=O) groups is 1. The second kappa shape index (κ2) is 5.96. The Morgan fingerprint density at radius 1 is 1.30 bits per heavy atom. The molecule has 1 aromatic carbocycles. The van der Waals surface area contributed by atoms with Crippen LogP contribution in [0.5, 0.6) is 0 Å². The van der Waals surface area contributed by atoms with Crippen LogP contribution in [0, 0.1) is 17.8 Å². The SMILES string of the molecule is COC(CNC(=O)C1CC2CCC1C2)c1ccccc1. The standard InChI is InChI=1S/C17H23NO2/c1-20-16(13-5-3-2-4-6-13)11-18-17(19)15-10-12-7-8-14(15)9-12/h2-6,12,14-16H,7-11H2,1H3,(H,18,19). The van der Waals surface area contributed by atoms with Crippen LogP contribution in [0.3, 0.4) is 0 Å². The molecule has 3 nitrogen and oxygen atoms in total. The largest absolute Gasteiger partial charge is 0.375 e. The number of hydrogen-bond acceptors (Lipinski definition) is 2. The van der Waals surface area contributed by atoms with E-state index in [1.165, 1.54) is 19.3 Å². The fourth-order valence-electron chi connectivity index (χ4n) is 3.90. The summed E-state index contributed by atoms with van der Waals surface area (Å²) in [6.07, 6.45) is 4.89. The molecule has 0 aromatic heterocycles. The highest BCUT2D eigenvalue weighted by molar-refractivity contribution is 5.79. The fourth-order valence-corrected chi connectivity index (χ4v) is 3.90. The van der Waals surface area contributed by atoms with Crippen molar-refractivity contribution in [3.05, 3.63) is 35.9 Å². The van der Waals surface area contributed by atoms with Gasteiger partial charge in [0.25, 0.3) is 0 Å². The first-order valence-electron chi connectivity index (χ1n) is 7.63. The Balaban J connectivity index is 1.54. The van der Waals surface area contributed by atoms with E-state index in [2.05, 4.69) is 5.32 Å². The van der Waals surface area contributed by atoms with E-state index < -0.39 is 0 Å². The van der Waals surface area contributed by atoms with E-state index in [4.69, 9.17) is 4.74 Å². The van der Waals surface area contributed by atoms with Gasteiger partial charge >= 0.3 is 0 Å². The molecule has 2 saturated carbocycles. The number of ether oxygens (including phenoxy) is 1. The molecule has 3 rings (SSSR count). The lowest BCUT2D eigenvalue weighted by Crippen LogP contribution is -2.36. The van der Waals surface area contributed by atoms with Crippen LogP contribution in [0.4, 0.5) is 0 Å². The van der Waals surface area contributed by atoms with Crippen LogP contribution < -0.4 is 5.32 Å². The third-order valence-electron chi connectivity index (χ3n) is 4.99. The van der Waals surface area contributed by atoms with Crippen LogP contribution >= 0.6 is 0 Å². The molecule has 4 atom stereocenters. The van der Waals surface area contributed by atoms with Crippen molar-refractivity contribution in [2.75, 3.05) is 13.7 Å². The zero-order valence-corrected chi connectivity index (χ0v) is 12.0. The molecule has 1 N–H and O–H groups in total. The van der Waals surface area contributed by atoms with E-state index in [9.17, 15) is 4.79 Å². The summed E-state index contributed by atoms with van der Waals surface area (Å²) in [5.74, 6) is 1.93. The van der Waals surface area contributed by atoms with Crippen molar-refractivity contribution in [1.29, 1.82) is 0 Å². The maximum absolute atomic E-state index is 12.3. The van der Waals surface area contributed by atoms with Gasteiger partial charge < -0.3 is 10.1 Å². The number of carbonyl (C=O) groups excluding carboxylic acids is 1. The summed E-state index contributed by atoms with van der Waals surface area (Å²) in [6, 6.07) is 10.1. The van der Waals surface area contributed by atoms with Gasteiger partial charge in [-0.2, -0.15) is 0 Å². The Kier molecular flexibility index (Phi) is 4.06. The van der Waals surface area contributed by atoms with Gasteiger partial charge in [-0.15, -0.1) is 0 Å². The van der Waals surface area contributed by atoms with Crippen molar-refractivity contribution in [3.63, 3.8) is 0 Å². The van der Waals surface area contributed by atoms with Crippen LogP contribution in [0.2, 0.25) is 0 Å². The zero-order valence-electron chi connectivity index (χ0n) is 12.0. The minimum absolute atomic E-state index is 0.0567. The zero-order chi connectivity index (χ0) is 13.9. The molecule has 0 heterocycles. The van der Waals surface area contributed by atoms with Gasteiger partial charge in [0.1, 0.15) is 0 Å². The first-order chi connectivity index (χ1) is 9.78. The molecule has 0 aliphatic heterocycles. The lowest BCUT2D eigenvalue weighted by molar-refractivity contribution is -0.127. The third-order valence-corrected chi connectivity index (χ3v) is 4.99. The van der Waals surface area contributed by atoms with E-state index in [-0.39, 0.29) is 17.9 Å². The van der Waals surface area contributed by atoms with Crippen molar-refractivity contribution in [1.82, 2.24) is 5.32 Å². The van der Waals surface area contributed by atoms with E-state index in [1.54, 1.807) is 7.11 Å². The van der Waals surface area contributed by atoms with E-state index in [0.717, 1.165) is 17.9 Å². The van der Waals surface area contributed by atoms with Gasteiger partial charge in [-0.25, -0.2) is 0 Å². The molecule has 0 spiro atoms. The van der Waals surface area contributed by atoms with Crippen LogP contribution in [0.15, 0.2) is 30.3 Å². The van der Waals surface area contributed by atoms with Crippen molar-refractivity contribution < 1.29 is 9.53 Å². The molecule has 20 heavy (non-hydrogen) atoms. The van der Waals surface area contributed by atoms with Gasteiger partial charge in [-0.05, 0) is 36.7 Å². The normalized spacial score (nSPS) is 29.4. The second-order valence-electron chi connectivity index (χ2n) is 6.16. The number of fused-ring (bicyclic) bond motifs is 2. The number of nitrogens with one attached hydrogen (secondary N) is 1. The molecule has 2 aliphatic rings. The average molecular weight is 273 g/mol. The highest BCUT2D eigenvalue weighted by Crippen LogP contribution is 2.48. The predicted molar refractivity (Wildman–Crippen MR) is 78.1 cm³/mol. The van der Waals surface area contributed by atoms with Crippen LogP contribution in [-0.2, 0) is 9.53 Å². The average Bonchev–Trinajstić information content (AvgIpc) is 3.11. The minimum atomic E-state index is -0.0567. The number of rotatable bonds is 5. The van der Waals surface area contributed by atoms with Gasteiger partial charge in [-0.3, -0.25) is 4.79 Å². The van der Waals surface area contributed by atoms with Crippen molar-refractivity contribution in [2.24, 2.45) is 17.8 Å². The summed E-state index contributed by atoms with van der Waals surface area (Å²) in [7, 11) is 1.70. The topological polar surface area (TPSA) is 38.3 Å². The Morgan fingerprint density at radius 2 is 2.10 bits per heavy atom. The number of benzene rings is 1. The van der Waals surface area contributed by atoms with Gasteiger partial charge in [0.15, 0.2) is 0 Å². The summed E-state index contributed by atoms with van der Waals surface area (Å²) >= 11 is 0. The van der Waals surface area contributed by atoms with Gasteiger partial charge in [-0.1, -0.05) is 36.8 Å². The molecule has 4 unspecified atom stereocenters. The molecule has 2 aliphatic carbocycles. The first-order valence-corrected chi connectivity index (χ1v) is 7.63. The molecule has 1 amide bonds. The summed E-state index contributed by atoms with van der Waals surface area (Å²) < 4.78 is 5.50. The van der Waals surface area contributed by atoms with Crippen molar-refractivity contribution >= 4 is 5.91 Å². The van der Waals surface area contributed by atoms with Crippen LogP contribution in [0.25, 0.3) is 0 Å².